The summed E-state index contributed by atoms with van der Waals surface area (Å²) in [7, 11) is 0. The van der Waals surface area contributed by atoms with Crippen LogP contribution in [0, 0.1) is 0 Å². The predicted molar refractivity (Wildman–Crippen MR) is 125 cm³/mol. The van der Waals surface area contributed by atoms with Crippen LogP contribution in [0.1, 0.15) is 45.6 Å². The van der Waals surface area contributed by atoms with Gasteiger partial charge in [0, 0.05) is 16.1 Å². The van der Waals surface area contributed by atoms with E-state index in [9.17, 15) is 9.59 Å². The summed E-state index contributed by atoms with van der Waals surface area (Å²) in [5.41, 5.74) is 3.43. The molecule has 1 aliphatic carbocycles. The molecule has 1 aliphatic rings. The van der Waals surface area contributed by atoms with Crippen LogP contribution in [-0.2, 0) is 19.4 Å². The maximum Gasteiger partial charge on any atom is 0.262 e. The van der Waals surface area contributed by atoms with Gasteiger partial charge in [-0.2, -0.15) is 0 Å². The van der Waals surface area contributed by atoms with E-state index >= 15 is 0 Å². The Morgan fingerprint density at radius 2 is 1.87 bits per heavy atom. The lowest BCUT2D eigenvalue weighted by Gasteiger charge is -2.09. The standard InChI is InChI=1S/C25H23N3O2S/c29-23(27-19-10-3-1-4-11-19)18-9-7-8-17(14-18)15-28-16-26-24-22(25(28)30)20-12-5-2-6-13-21(20)31-24/h1,3-4,7-11,14,16H,2,5-6,12-13,15H2,(H,27,29). The zero-order chi connectivity index (χ0) is 21.2. The zero-order valence-corrected chi connectivity index (χ0v) is 18.0. The number of hydrogen-bond acceptors (Lipinski definition) is 4. The van der Waals surface area contributed by atoms with Crippen LogP contribution in [-0.4, -0.2) is 15.5 Å². The zero-order valence-electron chi connectivity index (χ0n) is 17.1. The van der Waals surface area contributed by atoms with Crippen LogP contribution < -0.4 is 10.9 Å². The van der Waals surface area contributed by atoms with Gasteiger partial charge in [0.2, 0.25) is 0 Å². The van der Waals surface area contributed by atoms with Gasteiger partial charge in [0.15, 0.2) is 0 Å². The molecule has 0 saturated carbocycles. The van der Waals surface area contributed by atoms with Gasteiger partial charge in [0.05, 0.1) is 18.3 Å². The molecule has 0 spiro atoms. The first-order valence-electron chi connectivity index (χ1n) is 10.6. The van der Waals surface area contributed by atoms with Crippen molar-refractivity contribution >= 4 is 33.1 Å². The van der Waals surface area contributed by atoms with Crippen LogP contribution in [0.25, 0.3) is 10.2 Å². The molecular formula is C25H23N3O2S. The molecule has 0 unspecified atom stereocenters. The number of nitrogens with zero attached hydrogens (tertiary/aromatic N) is 2. The van der Waals surface area contributed by atoms with Gasteiger partial charge in [-0.05, 0) is 61.1 Å². The second kappa shape index (κ2) is 8.47. The van der Waals surface area contributed by atoms with Crippen LogP contribution in [0.3, 0.4) is 0 Å². The van der Waals surface area contributed by atoms with E-state index in [4.69, 9.17) is 0 Å². The smallest absolute Gasteiger partial charge is 0.262 e. The molecule has 5 nitrogen and oxygen atoms in total. The summed E-state index contributed by atoms with van der Waals surface area (Å²) in [5, 5.41) is 3.70. The fraction of sp³-hybridized carbons (Fsp3) is 0.240. The highest BCUT2D eigenvalue weighted by Crippen LogP contribution is 2.32. The second-order valence-corrected chi connectivity index (χ2v) is 9.03. The van der Waals surface area contributed by atoms with E-state index in [0.29, 0.717) is 12.1 Å². The summed E-state index contributed by atoms with van der Waals surface area (Å²) in [6.07, 6.45) is 7.18. The Morgan fingerprint density at radius 3 is 2.74 bits per heavy atom. The van der Waals surface area contributed by atoms with Gasteiger partial charge in [-0.1, -0.05) is 36.8 Å². The summed E-state index contributed by atoms with van der Waals surface area (Å²) >= 11 is 1.67. The van der Waals surface area contributed by atoms with Crippen molar-refractivity contribution in [3.8, 4) is 0 Å². The molecule has 0 atom stereocenters. The SMILES string of the molecule is O=C(Nc1ccccc1)c1cccc(Cn2cnc3sc4c(c3c2=O)CCCCC4)c1. The summed E-state index contributed by atoms with van der Waals surface area (Å²) in [4.78, 5) is 32.7. The van der Waals surface area contributed by atoms with E-state index in [1.807, 2.05) is 48.5 Å². The van der Waals surface area contributed by atoms with Gasteiger partial charge >= 0.3 is 0 Å². The van der Waals surface area contributed by atoms with Gasteiger partial charge in [-0.25, -0.2) is 4.98 Å². The number of thiophene rings is 1. The number of aryl methyl sites for hydroxylation is 2. The normalized spacial score (nSPS) is 13.5. The molecule has 0 saturated heterocycles. The Morgan fingerprint density at radius 1 is 1.03 bits per heavy atom. The van der Waals surface area contributed by atoms with Gasteiger partial charge in [0.25, 0.3) is 11.5 Å². The van der Waals surface area contributed by atoms with Crippen molar-refractivity contribution in [2.45, 2.75) is 38.6 Å². The number of carbonyl (C=O) groups is 1. The highest BCUT2D eigenvalue weighted by Gasteiger charge is 2.19. The lowest BCUT2D eigenvalue weighted by molar-refractivity contribution is 0.102. The largest absolute Gasteiger partial charge is 0.322 e. The molecule has 5 rings (SSSR count). The highest BCUT2D eigenvalue weighted by atomic mass is 32.1. The van der Waals surface area contributed by atoms with Crippen molar-refractivity contribution in [2.75, 3.05) is 5.32 Å². The molecule has 31 heavy (non-hydrogen) atoms. The van der Waals surface area contributed by atoms with E-state index in [1.54, 1.807) is 28.3 Å². The summed E-state index contributed by atoms with van der Waals surface area (Å²) < 4.78 is 1.66. The molecule has 2 aromatic heterocycles. The fourth-order valence-corrected chi connectivity index (χ4v) is 5.42. The van der Waals surface area contributed by atoms with Crippen LogP contribution >= 0.6 is 11.3 Å². The minimum atomic E-state index is -0.169. The molecule has 6 heteroatoms. The van der Waals surface area contributed by atoms with Crippen molar-refractivity contribution in [1.29, 1.82) is 0 Å². The van der Waals surface area contributed by atoms with Gasteiger partial charge < -0.3 is 5.32 Å². The number of rotatable bonds is 4. The van der Waals surface area contributed by atoms with Gasteiger partial charge in [-0.15, -0.1) is 11.3 Å². The Bertz CT molecular complexity index is 1310. The number of para-hydroxylation sites is 1. The third-order valence-electron chi connectivity index (χ3n) is 5.77. The topological polar surface area (TPSA) is 64.0 Å². The number of aromatic nitrogens is 2. The summed E-state index contributed by atoms with van der Waals surface area (Å²) in [6, 6.07) is 16.8. The summed E-state index contributed by atoms with van der Waals surface area (Å²) in [6.45, 7) is 0.388. The molecule has 156 valence electrons. The van der Waals surface area contributed by atoms with E-state index < -0.39 is 0 Å². The van der Waals surface area contributed by atoms with Gasteiger partial charge in [-0.3, -0.25) is 14.2 Å². The van der Waals surface area contributed by atoms with Crippen LogP contribution in [0.15, 0.2) is 65.7 Å². The Hall–Kier alpha value is -3.25. The van der Waals surface area contributed by atoms with Crippen LogP contribution in [0.2, 0.25) is 0 Å². The van der Waals surface area contributed by atoms with Crippen LogP contribution in [0.5, 0.6) is 0 Å². The number of amides is 1. The first-order chi connectivity index (χ1) is 15.2. The number of nitrogens with one attached hydrogen (secondary N) is 1. The minimum absolute atomic E-state index is 0.0172. The molecule has 2 heterocycles. The minimum Gasteiger partial charge on any atom is -0.322 e. The Kier molecular flexibility index (Phi) is 5.38. The summed E-state index contributed by atoms with van der Waals surface area (Å²) in [5.74, 6) is -0.169. The van der Waals surface area contributed by atoms with Crippen molar-refractivity contribution in [1.82, 2.24) is 9.55 Å². The van der Waals surface area contributed by atoms with E-state index in [1.165, 1.54) is 23.3 Å². The Labute approximate surface area is 184 Å². The average molecular weight is 430 g/mol. The van der Waals surface area contributed by atoms with Gasteiger partial charge in [0.1, 0.15) is 4.83 Å². The molecule has 0 fully saturated rings. The van der Waals surface area contributed by atoms with E-state index in [2.05, 4.69) is 10.3 Å². The first-order valence-corrected chi connectivity index (χ1v) is 11.5. The van der Waals surface area contributed by atoms with E-state index in [-0.39, 0.29) is 11.5 Å². The van der Waals surface area contributed by atoms with Crippen molar-refractivity contribution in [3.05, 3.63) is 92.8 Å². The highest BCUT2D eigenvalue weighted by molar-refractivity contribution is 7.18. The third-order valence-corrected chi connectivity index (χ3v) is 6.97. The monoisotopic (exact) mass is 429 g/mol. The lowest BCUT2D eigenvalue weighted by atomic mass is 10.1. The average Bonchev–Trinajstić information content (AvgIpc) is 2.99. The number of carbonyl (C=O) groups excluding carboxylic acids is 1. The molecule has 0 radical (unpaired) electrons. The third kappa shape index (κ3) is 4.03. The van der Waals surface area contributed by atoms with E-state index in [0.717, 1.165) is 40.7 Å². The van der Waals surface area contributed by atoms with Crippen molar-refractivity contribution < 1.29 is 4.79 Å². The predicted octanol–water partition coefficient (Wildman–Crippen LogP) is 5.03. The first kappa shape index (κ1) is 19.7. The van der Waals surface area contributed by atoms with Crippen LogP contribution in [0.4, 0.5) is 5.69 Å². The maximum absolute atomic E-state index is 13.3. The van der Waals surface area contributed by atoms with Crippen molar-refractivity contribution in [2.24, 2.45) is 0 Å². The second-order valence-electron chi connectivity index (χ2n) is 7.94. The number of benzene rings is 2. The maximum atomic E-state index is 13.3. The fourth-order valence-electron chi connectivity index (χ4n) is 4.20. The molecule has 0 aliphatic heterocycles. The molecule has 4 aromatic rings. The van der Waals surface area contributed by atoms with Crippen molar-refractivity contribution in [3.63, 3.8) is 0 Å². The quantitative estimate of drug-likeness (QED) is 0.463. The Balaban J connectivity index is 1.43. The molecule has 1 N–H and O–H groups in total. The number of fused-ring (bicyclic) bond motifs is 3. The molecule has 0 bridgehead atoms. The number of anilines is 1. The molecule has 1 amide bonds. The lowest BCUT2D eigenvalue weighted by Crippen LogP contribution is -2.21. The molecule has 2 aromatic carbocycles. The molecular weight excluding hydrogens is 406 g/mol. The number of hydrogen-bond donors (Lipinski definition) is 1.